The van der Waals surface area contributed by atoms with Crippen molar-refractivity contribution in [2.75, 3.05) is 34.1 Å². The van der Waals surface area contributed by atoms with E-state index in [-0.39, 0.29) is 18.8 Å². The van der Waals surface area contributed by atoms with Gasteiger partial charge >= 0.3 is 0 Å². The lowest BCUT2D eigenvalue weighted by Crippen LogP contribution is -2.22. The van der Waals surface area contributed by atoms with Crippen molar-refractivity contribution in [1.82, 2.24) is 20.3 Å². The van der Waals surface area contributed by atoms with Crippen molar-refractivity contribution in [1.29, 1.82) is 0 Å². The van der Waals surface area contributed by atoms with E-state index in [0.29, 0.717) is 11.5 Å². The van der Waals surface area contributed by atoms with E-state index in [1.807, 2.05) is 12.1 Å². The predicted molar refractivity (Wildman–Crippen MR) is 84.3 cm³/mol. The minimum atomic E-state index is 0.103. The number of hydrogen-bond acceptors (Lipinski definition) is 7. The number of hydrogen-bond donors (Lipinski definition) is 1. The van der Waals surface area contributed by atoms with Crippen LogP contribution in [0.1, 0.15) is 17.2 Å². The van der Waals surface area contributed by atoms with E-state index in [9.17, 15) is 0 Å². The molecule has 2 aromatic rings. The van der Waals surface area contributed by atoms with E-state index in [0.717, 1.165) is 36.6 Å². The summed E-state index contributed by atoms with van der Waals surface area (Å²) >= 11 is 0. The van der Waals surface area contributed by atoms with Crippen LogP contribution < -0.4 is 14.2 Å². The van der Waals surface area contributed by atoms with Gasteiger partial charge in [-0.1, -0.05) is 0 Å². The monoisotopic (exact) mass is 332 g/mol. The van der Waals surface area contributed by atoms with Crippen LogP contribution in [-0.2, 0) is 11.3 Å². The summed E-state index contributed by atoms with van der Waals surface area (Å²) in [4.78, 5) is 2.34. The third kappa shape index (κ3) is 2.67. The zero-order chi connectivity index (χ0) is 16.5. The lowest BCUT2D eigenvalue weighted by molar-refractivity contribution is 0.0957. The van der Waals surface area contributed by atoms with Crippen LogP contribution in [0.15, 0.2) is 18.3 Å². The number of H-pyrrole nitrogens is 1. The highest BCUT2D eigenvalue weighted by Gasteiger charge is 2.35. The van der Waals surface area contributed by atoms with E-state index < -0.39 is 0 Å². The van der Waals surface area contributed by atoms with Crippen molar-refractivity contribution in [2.45, 2.75) is 18.6 Å². The van der Waals surface area contributed by atoms with Gasteiger partial charge in [0.25, 0.3) is 0 Å². The topological polar surface area (TPSA) is 81.7 Å². The maximum Gasteiger partial charge on any atom is 0.231 e. The second-order valence-electron chi connectivity index (χ2n) is 6.00. The van der Waals surface area contributed by atoms with Gasteiger partial charge in [0.05, 0.1) is 25.1 Å². The van der Waals surface area contributed by atoms with Gasteiger partial charge < -0.3 is 18.9 Å². The second-order valence-corrected chi connectivity index (χ2v) is 6.00. The van der Waals surface area contributed by atoms with Crippen LogP contribution in [0, 0.1) is 0 Å². The van der Waals surface area contributed by atoms with E-state index in [4.69, 9.17) is 18.9 Å². The molecule has 4 rings (SSSR count). The standard InChI is InChI=1S/C16H20N4O4/c1-21-13-3-10(4-14-16(13)24-9-23-14)6-20-7-11(15(8-20)22-2)12-5-17-19-18-12/h3-5,11,15H,6-9H2,1-2H3,(H,17,18,19)/t11-,15+/m0/s1. The fourth-order valence-electron chi connectivity index (χ4n) is 3.43. The van der Waals surface area contributed by atoms with Gasteiger partial charge in [-0.25, -0.2) is 0 Å². The smallest absolute Gasteiger partial charge is 0.231 e. The van der Waals surface area contributed by atoms with Gasteiger partial charge in [0.1, 0.15) is 0 Å². The lowest BCUT2D eigenvalue weighted by Gasteiger charge is -2.16. The van der Waals surface area contributed by atoms with Gasteiger partial charge in [-0.3, -0.25) is 4.90 Å². The summed E-state index contributed by atoms with van der Waals surface area (Å²) in [5.74, 6) is 2.33. The zero-order valence-corrected chi connectivity index (χ0v) is 13.7. The molecule has 2 aliphatic heterocycles. The van der Waals surface area contributed by atoms with E-state index in [1.54, 1.807) is 20.4 Å². The van der Waals surface area contributed by atoms with Crippen molar-refractivity contribution < 1.29 is 18.9 Å². The molecule has 0 unspecified atom stereocenters. The SMILES string of the molecule is COc1cc(CN2C[C@@H](OC)[C@H](c3cn[nH]n3)C2)cc2c1OCO2. The molecule has 1 saturated heterocycles. The Bertz CT molecular complexity index is 706. The summed E-state index contributed by atoms with van der Waals surface area (Å²) < 4.78 is 22.0. The summed E-state index contributed by atoms with van der Waals surface area (Å²) in [5.41, 5.74) is 2.05. The molecule has 0 amide bonds. The molecule has 8 heteroatoms. The van der Waals surface area contributed by atoms with Crippen molar-refractivity contribution in [2.24, 2.45) is 0 Å². The van der Waals surface area contributed by atoms with Crippen LogP contribution in [0.2, 0.25) is 0 Å². The van der Waals surface area contributed by atoms with Crippen LogP contribution in [0.25, 0.3) is 0 Å². The molecule has 0 aliphatic carbocycles. The van der Waals surface area contributed by atoms with E-state index in [2.05, 4.69) is 20.3 Å². The Morgan fingerprint density at radius 3 is 2.96 bits per heavy atom. The fourth-order valence-corrected chi connectivity index (χ4v) is 3.43. The molecule has 24 heavy (non-hydrogen) atoms. The number of methoxy groups -OCH3 is 2. The number of aromatic amines is 1. The third-order valence-corrected chi connectivity index (χ3v) is 4.58. The van der Waals surface area contributed by atoms with Crippen molar-refractivity contribution in [3.05, 3.63) is 29.6 Å². The van der Waals surface area contributed by atoms with Gasteiger partial charge in [0.2, 0.25) is 12.5 Å². The molecule has 2 aliphatic rings. The number of benzene rings is 1. The number of nitrogens with zero attached hydrogens (tertiary/aromatic N) is 3. The van der Waals surface area contributed by atoms with E-state index in [1.165, 1.54) is 0 Å². The van der Waals surface area contributed by atoms with Crippen molar-refractivity contribution in [3.63, 3.8) is 0 Å². The molecule has 0 saturated carbocycles. The molecule has 1 fully saturated rings. The minimum absolute atomic E-state index is 0.103. The molecule has 128 valence electrons. The average molecular weight is 332 g/mol. The summed E-state index contributed by atoms with van der Waals surface area (Å²) in [7, 11) is 3.38. The number of fused-ring (bicyclic) bond motifs is 1. The quantitative estimate of drug-likeness (QED) is 0.880. The number of rotatable bonds is 5. The highest BCUT2D eigenvalue weighted by atomic mass is 16.7. The normalized spacial score (nSPS) is 22.9. The summed E-state index contributed by atoms with van der Waals surface area (Å²) in [6, 6.07) is 4.01. The fraction of sp³-hybridized carbons (Fsp3) is 0.500. The molecule has 1 aromatic heterocycles. The van der Waals surface area contributed by atoms with Gasteiger partial charge in [-0.15, -0.1) is 0 Å². The third-order valence-electron chi connectivity index (χ3n) is 4.58. The minimum Gasteiger partial charge on any atom is -0.493 e. The predicted octanol–water partition coefficient (Wildman–Crippen LogP) is 1.16. The molecule has 0 radical (unpaired) electrons. The highest BCUT2D eigenvalue weighted by molar-refractivity contribution is 5.55. The summed E-state index contributed by atoms with van der Waals surface area (Å²) in [6.07, 6.45) is 1.87. The molecule has 1 N–H and O–H groups in total. The van der Waals surface area contributed by atoms with Crippen LogP contribution in [-0.4, -0.2) is 60.5 Å². The lowest BCUT2D eigenvalue weighted by atomic mass is 10.0. The average Bonchev–Trinajstić information content (AvgIpc) is 3.33. The van der Waals surface area contributed by atoms with Gasteiger partial charge in [-0.2, -0.15) is 15.4 Å². The molecule has 2 atom stereocenters. The molecule has 8 nitrogen and oxygen atoms in total. The van der Waals surface area contributed by atoms with Gasteiger partial charge in [-0.05, 0) is 17.7 Å². The first-order valence-corrected chi connectivity index (χ1v) is 7.86. The maximum atomic E-state index is 5.64. The molecule has 0 spiro atoms. The Labute approximate surface area is 139 Å². The van der Waals surface area contributed by atoms with Crippen LogP contribution in [0.4, 0.5) is 0 Å². The molecular weight excluding hydrogens is 312 g/mol. The summed E-state index contributed by atoms with van der Waals surface area (Å²) in [6.45, 7) is 2.71. The first kappa shape index (κ1) is 15.2. The largest absolute Gasteiger partial charge is 0.493 e. The highest BCUT2D eigenvalue weighted by Crippen LogP contribution is 2.42. The van der Waals surface area contributed by atoms with Crippen molar-refractivity contribution >= 4 is 0 Å². The van der Waals surface area contributed by atoms with Crippen molar-refractivity contribution in [3.8, 4) is 17.2 Å². The Morgan fingerprint density at radius 1 is 1.29 bits per heavy atom. The Hall–Kier alpha value is -2.32. The number of nitrogens with one attached hydrogen (secondary N) is 1. The molecular formula is C16H20N4O4. The Kier molecular flexibility index (Phi) is 3.99. The molecule has 1 aromatic carbocycles. The summed E-state index contributed by atoms with van der Waals surface area (Å²) in [5, 5.41) is 10.8. The second kappa shape index (κ2) is 6.29. The van der Waals surface area contributed by atoms with E-state index >= 15 is 0 Å². The number of aromatic nitrogens is 3. The van der Waals surface area contributed by atoms with Gasteiger partial charge in [0.15, 0.2) is 11.5 Å². The maximum absolute atomic E-state index is 5.64. The zero-order valence-electron chi connectivity index (χ0n) is 13.7. The van der Waals surface area contributed by atoms with Crippen LogP contribution in [0.5, 0.6) is 17.2 Å². The Morgan fingerprint density at radius 2 is 2.21 bits per heavy atom. The Balaban J connectivity index is 1.52. The number of ether oxygens (including phenoxy) is 4. The number of likely N-dealkylation sites (tertiary alicyclic amines) is 1. The van der Waals surface area contributed by atoms with Crippen LogP contribution in [0.3, 0.4) is 0 Å². The first-order valence-electron chi connectivity index (χ1n) is 7.86. The first-order chi connectivity index (χ1) is 11.8. The van der Waals surface area contributed by atoms with Crippen LogP contribution >= 0.6 is 0 Å². The molecule has 3 heterocycles. The molecule has 0 bridgehead atoms. The van der Waals surface area contributed by atoms with Gasteiger partial charge in [0, 0.05) is 32.7 Å².